The van der Waals surface area contributed by atoms with E-state index in [1.54, 1.807) is 17.9 Å². The minimum absolute atomic E-state index is 0.0130. The highest BCUT2D eigenvalue weighted by Crippen LogP contribution is 2.33. The Kier molecular flexibility index (Phi) is 4.86. The molecule has 2 aromatic carbocycles. The van der Waals surface area contributed by atoms with Crippen molar-refractivity contribution >= 4 is 40.0 Å². The van der Waals surface area contributed by atoms with E-state index in [0.29, 0.717) is 23.2 Å². The number of para-hydroxylation sites is 1. The predicted octanol–water partition coefficient (Wildman–Crippen LogP) is 4.49. The fourth-order valence-electron chi connectivity index (χ4n) is 3.94. The van der Waals surface area contributed by atoms with Gasteiger partial charge < -0.3 is 14.3 Å². The van der Waals surface area contributed by atoms with Gasteiger partial charge in [-0.05, 0) is 43.2 Å². The maximum Gasteiger partial charge on any atom is 0.277 e. The second-order valence-electron chi connectivity index (χ2n) is 7.51. The number of hydrogen-bond acceptors (Lipinski definition) is 6. The van der Waals surface area contributed by atoms with E-state index in [0.717, 1.165) is 34.1 Å². The maximum absolute atomic E-state index is 13.0. The second-order valence-corrected chi connectivity index (χ2v) is 8.80. The van der Waals surface area contributed by atoms with Crippen molar-refractivity contribution < 1.29 is 14.0 Å². The molecule has 1 N–H and O–H groups in total. The third kappa shape index (κ3) is 3.53. The monoisotopic (exact) mass is 432 g/mol. The molecule has 0 radical (unpaired) electrons. The lowest BCUT2D eigenvalue weighted by Crippen LogP contribution is -2.25. The first-order chi connectivity index (χ1) is 15.0. The number of Topliss-reactive ketones (excluding diaryl/α,β-unsaturated/α-hetero) is 1. The molecule has 7 nitrogen and oxygen atoms in total. The van der Waals surface area contributed by atoms with Crippen LogP contribution in [0.1, 0.15) is 29.8 Å². The molecule has 5 rings (SSSR count). The van der Waals surface area contributed by atoms with E-state index in [1.807, 2.05) is 49.5 Å². The number of carbonyl (C=O) groups excluding carboxylic acids is 2. The number of hydrogen-bond donors (Lipinski definition) is 1. The zero-order valence-corrected chi connectivity index (χ0v) is 17.9. The number of fused-ring (bicyclic) bond motifs is 2. The van der Waals surface area contributed by atoms with Crippen LogP contribution >= 0.6 is 11.8 Å². The average molecular weight is 433 g/mol. The minimum Gasteiger partial charge on any atom is -0.411 e. The first-order valence-corrected chi connectivity index (χ1v) is 10.9. The lowest BCUT2D eigenvalue weighted by Gasteiger charge is -2.15. The van der Waals surface area contributed by atoms with Crippen molar-refractivity contribution in [3.63, 3.8) is 0 Å². The Labute approximate surface area is 182 Å². The Hall–Kier alpha value is -3.39. The van der Waals surface area contributed by atoms with Gasteiger partial charge >= 0.3 is 0 Å². The van der Waals surface area contributed by atoms with Crippen LogP contribution in [0.4, 0.5) is 5.69 Å². The predicted molar refractivity (Wildman–Crippen MR) is 119 cm³/mol. The molecule has 1 atom stereocenters. The molecule has 0 saturated carbocycles. The van der Waals surface area contributed by atoms with Crippen molar-refractivity contribution in [1.82, 2.24) is 15.2 Å². The zero-order chi connectivity index (χ0) is 21.5. The average Bonchev–Trinajstić information content (AvgIpc) is 3.50. The lowest BCUT2D eigenvalue weighted by atomic mass is 10.0. The Balaban J connectivity index is 1.32. The number of aromatic amines is 1. The van der Waals surface area contributed by atoms with Crippen LogP contribution in [-0.4, -0.2) is 38.7 Å². The van der Waals surface area contributed by atoms with Gasteiger partial charge in [-0.15, -0.1) is 10.2 Å². The number of benzene rings is 2. The first-order valence-electron chi connectivity index (χ1n) is 10.0. The van der Waals surface area contributed by atoms with Crippen molar-refractivity contribution in [2.45, 2.75) is 30.7 Å². The summed E-state index contributed by atoms with van der Waals surface area (Å²) >= 11 is 1.24. The van der Waals surface area contributed by atoms with Gasteiger partial charge in [-0.25, -0.2) is 0 Å². The summed E-state index contributed by atoms with van der Waals surface area (Å²) in [5.41, 5.74) is 4.37. The number of rotatable bonds is 5. The van der Waals surface area contributed by atoms with Crippen molar-refractivity contribution in [3.8, 4) is 11.5 Å². The molecule has 1 aliphatic heterocycles. The molecular formula is C23H20N4O3S. The van der Waals surface area contributed by atoms with E-state index in [2.05, 4.69) is 15.2 Å². The summed E-state index contributed by atoms with van der Waals surface area (Å²) in [4.78, 5) is 29.6. The number of anilines is 1. The molecule has 0 saturated heterocycles. The topological polar surface area (TPSA) is 92.1 Å². The number of carbonyl (C=O) groups is 2. The van der Waals surface area contributed by atoms with Gasteiger partial charge in [0.05, 0.1) is 10.8 Å². The fraction of sp³-hybridized carbons (Fsp3) is 0.217. The molecule has 0 unspecified atom stereocenters. The second kappa shape index (κ2) is 7.70. The number of aromatic nitrogens is 3. The highest BCUT2D eigenvalue weighted by Gasteiger charge is 2.25. The number of thioether (sulfide) groups is 1. The summed E-state index contributed by atoms with van der Waals surface area (Å²) in [5, 5.41) is 9.24. The van der Waals surface area contributed by atoms with Crippen molar-refractivity contribution in [2.75, 3.05) is 11.4 Å². The molecule has 1 aliphatic rings. The van der Waals surface area contributed by atoms with E-state index in [9.17, 15) is 9.59 Å². The number of nitrogens with zero attached hydrogens (tertiary/aromatic N) is 3. The van der Waals surface area contributed by atoms with Crippen LogP contribution in [0, 0.1) is 0 Å². The van der Waals surface area contributed by atoms with Gasteiger partial charge in [0.15, 0.2) is 5.78 Å². The van der Waals surface area contributed by atoms with Crippen molar-refractivity contribution in [1.29, 1.82) is 0 Å². The van der Waals surface area contributed by atoms with Crippen LogP contribution < -0.4 is 4.90 Å². The number of H-pyrrole nitrogens is 1. The van der Waals surface area contributed by atoms with Gasteiger partial charge in [-0.2, -0.15) is 0 Å². The maximum atomic E-state index is 13.0. The molecular weight excluding hydrogens is 412 g/mol. The number of ketones is 1. The largest absolute Gasteiger partial charge is 0.411 e. The molecule has 0 fully saturated rings. The van der Waals surface area contributed by atoms with Crippen LogP contribution in [-0.2, 0) is 11.2 Å². The highest BCUT2D eigenvalue weighted by atomic mass is 32.2. The summed E-state index contributed by atoms with van der Waals surface area (Å²) in [5.74, 6) is 0.423. The van der Waals surface area contributed by atoms with Crippen LogP contribution in [0.5, 0.6) is 0 Å². The SMILES string of the molecule is CC(=O)N1CCc2cc(C(=O)[C@H](C)Sc3nnc(-c4c[nH]c5ccccc45)o3)ccc21. The Morgan fingerprint density at radius 3 is 2.87 bits per heavy atom. The lowest BCUT2D eigenvalue weighted by molar-refractivity contribution is -0.116. The highest BCUT2D eigenvalue weighted by molar-refractivity contribution is 8.00. The Morgan fingerprint density at radius 2 is 2.03 bits per heavy atom. The first kappa shape index (κ1) is 19.6. The van der Waals surface area contributed by atoms with Crippen LogP contribution in [0.15, 0.2) is 58.3 Å². The standard InChI is InChI=1S/C23H20N4O3S/c1-13(21(29)16-7-8-20-15(11-16)9-10-27(20)14(2)28)31-23-26-25-22(30-23)18-12-24-19-6-4-3-5-17(18)19/h3-8,11-13,24H,9-10H2,1-2H3/t13-/m0/s1. The summed E-state index contributed by atoms with van der Waals surface area (Å²) < 4.78 is 5.83. The van der Waals surface area contributed by atoms with E-state index < -0.39 is 0 Å². The van der Waals surface area contributed by atoms with E-state index in [4.69, 9.17) is 4.42 Å². The number of nitrogens with one attached hydrogen (secondary N) is 1. The molecule has 0 bridgehead atoms. The molecule has 0 aliphatic carbocycles. The molecule has 2 aromatic heterocycles. The molecule has 8 heteroatoms. The molecule has 1 amide bonds. The van der Waals surface area contributed by atoms with Gasteiger partial charge in [0.2, 0.25) is 5.91 Å². The molecule has 0 spiro atoms. The van der Waals surface area contributed by atoms with E-state index in [-0.39, 0.29) is 16.9 Å². The van der Waals surface area contributed by atoms with Gasteiger partial charge in [0.1, 0.15) is 0 Å². The van der Waals surface area contributed by atoms with Crippen LogP contribution in [0.3, 0.4) is 0 Å². The van der Waals surface area contributed by atoms with Gasteiger partial charge in [0, 0.05) is 41.8 Å². The third-order valence-corrected chi connectivity index (χ3v) is 6.45. The van der Waals surface area contributed by atoms with Crippen molar-refractivity contribution in [2.24, 2.45) is 0 Å². The summed E-state index contributed by atoms with van der Waals surface area (Å²) in [6.45, 7) is 4.05. The van der Waals surface area contributed by atoms with Crippen molar-refractivity contribution in [3.05, 3.63) is 59.8 Å². The third-order valence-electron chi connectivity index (χ3n) is 5.51. The molecule has 156 valence electrons. The molecule has 31 heavy (non-hydrogen) atoms. The Bertz CT molecular complexity index is 1310. The van der Waals surface area contributed by atoms with E-state index >= 15 is 0 Å². The summed E-state index contributed by atoms with van der Waals surface area (Å²) in [7, 11) is 0. The quantitative estimate of drug-likeness (QED) is 0.369. The fourth-order valence-corrected chi connectivity index (χ4v) is 4.70. The Morgan fingerprint density at radius 1 is 1.19 bits per heavy atom. The van der Waals surface area contributed by atoms with Crippen LogP contribution in [0.25, 0.3) is 22.4 Å². The van der Waals surface area contributed by atoms with Gasteiger partial charge in [0.25, 0.3) is 11.1 Å². The van der Waals surface area contributed by atoms with Crippen LogP contribution in [0.2, 0.25) is 0 Å². The number of amides is 1. The molecule has 3 heterocycles. The minimum atomic E-state index is -0.389. The van der Waals surface area contributed by atoms with Gasteiger partial charge in [-0.3, -0.25) is 9.59 Å². The smallest absolute Gasteiger partial charge is 0.277 e. The normalized spacial score (nSPS) is 14.1. The zero-order valence-electron chi connectivity index (χ0n) is 17.1. The van der Waals surface area contributed by atoms with Gasteiger partial charge in [-0.1, -0.05) is 30.0 Å². The summed E-state index contributed by atoms with van der Waals surface area (Å²) in [6.07, 6.45) is 2.60. The van der Waals surface area contributed by atoms with E-state index in [1.165, 1.54) is 11.8 Å². The molecule has 4 aromatic rings. The summed E-state index contributed by atoms with van der Waals surface area (Å²) in [6, 6.07) is 13.4.